The topological polar surface area (TPSA) is 78.2 Å². The van der Waals surface area contributed by atoms with Gasteiger partial charge in [-0.15, -0.1) is 0 Å². The second-order valence-corrected chi connectivity index (χ2v) is 7.18. The van der Waals surface area contributed by atoms with Crippen molar-refractivity contribution in [2.24, 2.45) is 0 Å². The van der Waals surface area contributed by atoms with E-state index in [1.807, 2.05) is 0 Å². The molecule has 4 rings (SSSR count). The van der Waals surface area contributed by atoms with Gasteiger partial charge in [0.2, 0.25) is 0 Å². The molecule has 2 aliphatic rings. The number of furan rings is 1. The summed E-state index contributed by atoms with van der Waals surface area (Å²) in [6.07, 6.45) is 2.77. The first-order chi connectivity index (χ1) is 13.1. The van der Waals surface area contributed by atoms with Gasteiger partial charge in [-0.3, -0.25) is 4.79 Å². The van der Waals surface area contributed by atoms with Gasteiger partial charge in [0.15, 0.2) is 17.3 Å². The predicted molar refractivity (Wildman–Crippen MR) is 97.7 cm³/mol. The summed E-state index contributed by atoms with van der Waals surface area (Å²) in [6.45, 7) is 1.58. The van der Waals surface area contributed by atoms with Crippen LogP contribution < -0.4 is 9.47 Å². The van der Waals surface area contributed by atoms with Gasteiger partial charge in [0, 0.05) is 16.6 Å². The van der Waals surface area contributed by atoms with Gasteiger partial charge in [-0.2, -0.15) is 0 Å². The SMILES string of the molecule is O=C(OCc1cc2c(cc1Br)OCCO2)C1CCCN1C(=O)c1ccco1. The quantitative estimate of drug-likeness (QED) is 0.686. The Balaban J connectivity index is 1.42. The Labute approximate surface area is 164 Å². The number of ether oxygens (including phenoxy) is 3. The fourth-order valence-corrected chi connectivity index (χ4v) is 3.70. The summed E-state index contributed by atoms with van der Waals surface area (Å²) in [5, 5.41) is 0. The lowest BCUT2D eigenvalue weighted by Gasteiger charge is -2.23. The molecule has 3 heterocycles. The fourth-order valence-electron chi connectivity index (χ4n) is 3.26. The predicted octanol–water partition coefficient (Wildman–Crippen LogP) is 3.16. The Kier molecular flexibility index (Phi) is 5.07. The van der Waals surface area contributed by atoms with Gasteiger partial charge in [-0.05, 0) is 37.1 Å². The number of amides is 1. The summed E-state index contributed by atoms with van der Waals surface area (Å²) < 4.78 is 22.5. The van der Waals surface area contributed by atoms with Gasteiger partial charge in [0.25, 0.3) is 5.91 Å². The van der Waals surface area contributed by atoms with Crippen LogP contribution >= 0.6 is 15.9 Å². The lowest BCUT2D eigenvalue weighted by Crippen LogP contribution is -2.41. The third-order valence-electron chi connectivity index (χ3n) is 4.60. The van der Waals surface area contributed by atoms with E-state index in [0.29, 0.717) is 37.7 Å². The van der Waals surface area contributed by atoms with Gasteiger partial charge in [-0.25, -0.2) is 4.79 Å². The molecule has 1 atom stereocenters. The molecule has 1 saturated heterocycles. The third-order valence-corrected chi connectivity index (χ3v) is 5.34. The summed E-state index contributed by atoms with van der Waals surface area (Å²) in [6, 6.07) is 6.25. The van der Waals surface area contributed by atoms with Crippen LogP contribution in [-0.4, -0.2) is 42.6 Å². The second-order valence-electron chi connectivity index (χ2n) is 6.33. The molecule has 1 fully saturated rings. The van der Waals surface area contributed by atoms with Crippen molar-refractivity contribution in [3.8, 4) is 11.5 Å². The summed E-state index contributed by atoms with van der Waals surface area (Å²) in [5.41, 5.74) is 0.773. The molecule has 2 aromatic rings. The molecule has 142 valence electrons. The second kappa shape index (κ2) is 7.64. The maximum Gasteiger partial charge on any atom is 0.329 e. The molecule has 0 aliphatic carbocycles. The number of esters is 1. The molecule has 2 aliphatic heterocycles. The van der Waals surface area contributed by atoms with Crippen molar-refractivity contribution in [2.75, 3.05) is 19.8 Å². The number of fused-ring (bicyclic) bond motifs is 1. The Hall–Kier alpha value is -2.48. The Morgan fingerprint density at radius 1 is 1.22 bits per heavy atom. The molecule has 1 unspecified atom stereocenters. The average molecular weight is 436 g/mol. The van der Waals surface area contributed by atoms with Gasteiger partial charge >= 0.3 is 5.97 Å². The van der Waals surface area contributed by atoms with Gasteiger partial charge in [0.05, 0.1) is 6.26 Å². The summed E-state index contributed by atoms with van der Waals surface area (Å²) in [5.74, 6) is 0.804. The van der Waals surface area contributed by atoms with E-state index in [2.05, 4.69) is 15.9 Å². The van der Waals surface area contributed by atoms with Crippen LogP contribution in [0, 0.1) is 0 Å². The van der Waals surface area contributed by atoms with Crippen molar-refractivity contribution < 1.29 is 28.2 Å². The number of likely N-dealkylation sites (tertiary alicyclic amines) is 1. The van der Waals surface area contributed by atoms with Crippen molar-refractivity contribution >= 4 is 27.8 Å². The van der Waals surface area contributed by atoms with Crippen molar-refractivity contribution in [2.45, 2.75) is 25.5 Å². The molecular formula is C19H18BrNO6. The van der Waals surface area contributed by atoms with Crippen molar-refractivity contribution in [3.63, 3.8) is 0 Å². The fraction of sp³-hybridized carbons (Fsp3) is 0.368. The number of hydrogen-bond donors (Lipinski definition) is 0. The number of benzene rings is 1. The molecule has 0 saturated carbocycles. The summed E-state index contributed by atoms with van der Waals surface area (Å²) >= 11 is 3.47. The van der Waals surface area contributed by atoms with Crippen LogP contribution in [0.4, 0.5) is 0 Å². The first kappa shape index (κ1) is 17.9. The number of hydrogen-bond acceptors (Lipinski definition) is 6. The number of rotatable bonds is 4. The minimum Gasteiger partial charge on any atom is -0.486 e. The zero-order chi connectivity index (χ0) is 18.8. The van der Waals surface area contributed by atoms with Crippen LogP contribution in [-0.2, 0) is 16.1 Å². The average Bonchev–Trinajstić information content (AvgIpc) is 3.37. The molecule has 0 spiro atoms. The molecule has 7 nitrogen and oxygen atoms in total. The van der Waals surface area contributed by atoms with E-state index in [4.69, 9.17) is 18.6 Å². The lowest BCUT2D eigenvalue weighted by molar-refractivity contribution is -0.149. The summed E-state index contributed by atoms with van der Waals surface area (Å²) in [4.78, 5) is 26.6. The van der Waals surface area contributed by atoms with E-state index in [9.17, 15) is 9.59 Å². The maximum absolute atomic E-state index is 12.6. The van der Waals surface area contributed by atoms with E-state index >= 15 is 0 Å². The zero-order valence-corrected chi connectivity index (χ0v) is 16.1. The van der Waals surface area contributed by atoms with Gasteiger partial charge < -0.3 is 23.5 Å². The van der Waals surface area contributed by atoms with Crippen LogP contribution in [0.2, 0.25) is 0 Å². The molecule has 1 amide bonds. The highest BCUT2D eigenvalue weighted by atomic mass is 79.9. The third kappa shape index (κ3) is 3.66. The van der Waals surface area contributed by atoms with Crippen molar-refractivity contribution in [3.05, 3.63) is 46.3 Å². The molecule has 8 heteroatoms. The largest absolute Gasteiger partial charge is 0.486 e. The molecule has 27 heavy (non-hydrogen) atoms. The normalized spacial score (nSPS) is 18.4. The number of halogens is 1. The van der Waals surface area contributed by atoms with Crippen LogP contribution in [0.25, 0.3) is 0 Å². The molecule has 0 N–H and O–H groups in total. The molecule has 1 aromatic carbocycles. The Bertz CT molecular complexity index is 850. The van der Waals surface area contributed by atoms with Crippen LogP contribution in [0.5, 0.6) is 11.5 Å². The minimum absolute atomic E-state index is 0.0787. The molecule has 0 radical (unpaired) electrons. The van der Waals surface area contributed by atoms with Gasteiger partial charge in [0.1, 0.15) is 25.9 Å². The van der Waals surface area contributed by atoms with E-state index in [1.54, 1.807) is 24.3 Å². The highest BCUT2D eigenvalue weighted by Crippen LogP contribution is 2.36. The van der Waals surface area contributed by atoms with Crippen LogP contribution in [0.3, 0.4) is 0 Å². The highest BCUT2D eigenvalue weighted by Gasteiger charge is 2.36. The van der Waals surface area contributed by atoms with Crippen molar-refractivity contribution in [1.82, 2.24) is 4.90 Å². The zero-order valence-electron chi connectivity index (χ0n) is 14.5. The van der Waals surface area contributed by atoms with Crippen LogP contribution in [0.1, 0.15) is 29.0 Å². The lowest BCUT2D eigenvalue weighted by atomic mass is 10.2. The number of nitrogens with zero attached hydrogens (tertiary/aromatic N) is 1. The Morgan fingerprint density at radius 2 is 2.00 bits per heavy atom. The maximum atomic E-state index is 12.6. The molecule has 1 aromatic heterocycles. The minimum atomic E-state index is -0.599. The van der Waals surface area contributed by atoms with E-state index < -0.39 is 12.0 Å². The Morgan fingerprint density at radius 3 is 2.74 bits per heavy atom. The highest BCUT2D eigenvalue weighted by molar-refractivity contribution is 9.10. The monoisotopic (exact) mass is 435 g/mol. The van der Waals surface area contributed by atoms with E-state index in [0.717, 1.165) is 16.5 Å². The van der Waals surface area contributed by atoms with E-state index in [1.165, 1.54) is 11.2 Å². The van der Waals surface area contributed by atoms with Crippen LogP contribution in [0.15, 0.2) is 39.4 Å². The first-order valence-corrected chi connectivity index (χ1v) is 9.52. The van der Waals surface area contributed by atoms with Crippen molar-refractivity contribution in [1.29, 1.82) is 0 Å². The van der Waals surface area contributed by atoms with Gasteiger partial charge in [-0.1, -0.05) is 15.9 Å². The smallest absolute Gasteiger partial charge is 0.329 e. The summed E-state index contributed by atoms with van der Waals surface area (Å²) in [7, 11) is 0. The van der Waals surface area contributed by atoms with E-state index in [-0.39, 0.29) is 18.3 Å². The molecule has 0 bridgehead atoms. The molecular weight excluding hydrogens is 418 g/mol. The number of carbonyl (C=O) groups excluding carboxylic acids is 2. The first-order valence-electron chi connectivity index (χ1n) is 8.72. The number of carbonyl (C=O) groups is 2. The standard InChI is InChI=1S/C19H18BrNO6/c20-13-10-17-16(25-7-8-26-17)9-12(13)11-27-19(23)14-3-1-5-21(14)18(22)15-4-2-6-24-15/h2,4,6,9-10,14H,1,3,5,7-8,11H2.